The van der Waals surface area contributed by atoms with Crippen molar-refractivity contribution in [2.45, 2.75) is 132 Å². The summed E-state index contributed by atoms with van der Waals surface area (Å²) in [5, 5.41) is 0. The van der Waals surface area contributed by atoms with Gasteiger partial charge in [-0.15, -0.1) is 0 Å². The SMILES string of the molecule is CCO[Si](C)(C)OC[Si](C)(O[Si](C)(C)C)O[Si](C)(C)O[Si](CO[Si](C)(C)OCC)(CO[Si](C)(C)OCC)O[Si](C)(C)O[Si](C)(C)OCC. The number of hydrogen-bond acceptors (Lipinski definition) is 12. The number of hydrogen-bond donors (Lipinski definition) is 0. The minimum atomic E-state index is -3.47. The zero-order chi connectivity index (χ0) is 37.9. The predicted octanol–water partition coefficient (Wildman–Crippen LogP) is 7.44. The molecule has 48 heavy (non-hydrogen) atoms. The Bertz CT molecular complexity index is 914. The molecular formula is C27H74O12Si9. The Balaban J connectivity index is 7.04. The molecule has 0 aliphatic heterocycles. The van der Waals surface area contributed by atoms with Gasteiger partial charge in [0.15, 0.2) is 8.32 Å². The molecule has 290 valence electrons. The zero-order valence-corrected chi connectivity index (χ0v) is 43.3. The quantitative estimate of drug-likeness (QED) is 0.0767. The topological polar surface area (TPSA) is 111 Å². The molecule has 1 unspecified atom stereocenters. The van der Waals surface area contributed by atoms with E-state index in [4.69, 9.17) is 51.6 Å². The molecule has 0 amide bonds. The van der Waals surface area contributed by atoms with Gasteiger partial charge in [0.25, 0.3) is 0 Å². The van der Waals surface area contributed by atoms with Gasteiger partial charge in [-0.05, 0) is 132 Å². The normalized spacial score (nSPS) is 16.0. The maximum Gasteiger partial charge on any atom is 0.371 e. The molecule has 0 spiro atoms. The van der Waals surface area contributed by atoms with Crippen LogP contribution in [0.4, 0.5) is 0 Å². The smallest absolute Gasteiger partial charge is 0.371 e. The first-order valence-corrected chi connectivity index (χ1v) is 42.4. The molecule has 0 aromatic carbocycles. The third-order valence-electron chi connectivity index (χ3n) is 6.27. The minimum absolute atomic E-state index is 0.187. The molecule has 0 heterocycles. The summed E-state index contributed by atoms with van der Waals surface area (Å²) < 4.78 is 79.2. The summed E-state index contributed by atoms with van der Waals surface area (Å²) in [6, 6.07) is 0. The average molecular weight is 844 g/mol. The van der Waals surface area contributed by atoms with E-state index in [1.165, 1.54) is 0 Å². The molecule has 21 heteroatoms. The summed E-state index contributed by atoms with van der Waals surface area (Å²) in [5.41, 5.74) is 0. The molecule has 0 aliphatic rings. The first-order chi connectivity index (χ1) is 21.4. The molecule has 0 saturated heterocycles. The Labute approximate surface area is 304 Å². The van der Waals surface area contributed by atoms with Crippen LogP contribution in [0.15, 0.2) is 0 Å². The van der Waals surface area contributed by atoms with Crippen LogP contribution in [0.5, 0.6) is 0 Å². The number of rotatable bonds is 27. The van der Waals surface area contributed by atoms with Crippen molar-refractivity contribution in [1.82, 2.24) is 0 Å². The molecule has 0 radical (unpaired) electrons. The maximum absolute atomic E-state index is 7.31. The lowest BCUT2D eigenvalue weighted by molar-refractivity contribution is 0.148. The second-order valence-electron chi connectivity index (χ2n) is 15.7. The van der Waals surface area contributed by atoms with Crippen LogP contribution in [0.2, 0.25) is 105 Å². The van der Waals surface area contributed by atoms with E-state index in [0.29, 0.717) is 32.7 Å². The molecular weight excluding hydrogens is 769 g/mol. The lowest BCUT2D eigenvalue weighted by atomic mass is 10.9. The highest BCUT2D eigenvalue weighted by Crippen LogP contribution is 2.30. The van der Waals surface area contributed by atoms with Gasteiger partial charge in [-0.3, -0.25) is 0 Å². The fourth-order valence-electron chi connectivity index (χ4n) is 5.37. The second kappa shape index (κ2) is 19.7. The van der Waals surface area contributed by atoms with Crippen molar-refractivity contribution in [2.75, 3.05) is 45.1 Å². The van der Waals surface area contributed by atoms with Crippen molar-refractivity contribution >= 4 is 76.8 Å². The van der Waals surface area contributed by atoms with Gasteiger partial charge in [0.1, 0.15) is 0 Å². The summed E-state index contributed by atoms with van der Waals surface area (Å²) in [4.78, 5) is 0. The van der Waals surface area contributed by atoms with E-state index in [1.54, 1.807) is 0 Å². The monoisotopic (exact) mass is 842 g/mol. The van der Waals surface area contributed by atoms with Crippen LogP contribution in [0.3, 0.4) is 0 Å². The van der Waals surface area contributed by atoms with Gasteiger partial charge in [0.05, 0.1) is 18.7 Å². The summed E-state index contributed by atoms with van der Waals surface area (Å²) >= 11 is 0. The van der Waals surface area contributed by atoms with E-state index < -0.39 is 76.8 Å². The van der Waals surface area contributed by atoms with Gasteiger partial charge in [-0.2, -0.15) is 0 Å². The van der Waals surface area contributed by atoms with Gasteiger partial charge in [0.2, 0.25) is 0 Å². The van der Waals surface area contributed by atoms with Crippen molar-refractivity contribution in [3.8, 4) is 0 Å². The van der Waals surface area contributed by atoms with Crippen LogP contribution in [0, 0.1) is 0 Å². The van der Waals surface area contributed by atoms with E-state index in [0.717, 1.165) is 0 Å². The van der Waals surface area contributed by atoms with Crippen molar-refractivity contribution in [1.29, 1.82) is 0 Å². The maximum atomic E-state index is 7.31. The molecule has 0 saturated carbocycles. The van der Waals surface area contributed by atoms with E-state index >= 15 is 0 Å². The lowest BCUT2D eigenvalue weighted by Crippen LogP contribution is -2.68. The molecule has 12 nitrogen and oxygen atoms in total. The van der Waals surface area contributed by atoms with Crippen LogP contribution in [0.25, 0.3) is 0 Å². The summed E-state index contributed by atoms with van der Waals surface area (Å²) in [6.45, 7) is 43.3. The highest BCUT2D eigenvalue weighted by molar-refractivity contribution is 6.92. The van der Waals surface area contributed by atoms with Gasteiger partial charge < -0.3 is 51.6 Å². The van der Waals surface area contributed by atoms with Gasteiger partial charge in [0, 0.05) is 26.4 Å². The summed E-state index contributed by atoms with van der Waals surface area (Å²) in [7, 11) is -24.4. The Morgan fingerprint density at radius 3 is 0.938 bits per heavy atom. The van der Waals surface area contributed by atoms with Crippen molar-refractivity contribution < 1.29 is 51.6 Å². The summed E-state index contributed by atoms with van der Waals surface area (Å²) in [5.74, 6) is 0. The lowest BCUT2D eigenvalue weighted by Gasteiger charge is -2.46. The fraction of sp³-hybridized carbons (Fsp3) is 1.00. The molecule has 0 N–H and O–H groups in total. The van der Waals surface area contributed by atoms with Gasteiger partial charge in [-0.25, -0.2) is 0 Å². The highest BCUT2D eigenvalue weighted by atomic mass is 28.5. The first-order valence-electron chi connectivity index (χ1n) is 17.4. The molecule has 0 rings (SSSR count). The Morgan fingerprint density at radius 2 is 0.604 bits per heavy atom. The second-order valence-corrected chi connectivity index (χ2v) is 47.7. The molecule has 0 aromatic rings. The fourth-order valence-corrected chi connectivity index (χ4v) is 40.5. The predicted molar refractivity (Wildman–Crippen MR) is 215 cm³/mol. The molecule has 0 fully saturated rings. The summed E-state index contributed by atoms with van der Waals surface area (Å²) in [6.07, 6.45) is 0.713. The van der Waals surface area contributed by atoms with E-state index in [2.05, 4.69) is 26.2 Å². The largest absolute Gasteiger partial charge is 0.435 e. The van der Waals surface area contributed by atoms with E-state index in [-0.39, 0.29) is 12.5 Å². The molecule has 0 aliphatic carbocycles. The standard InChI is InChI=1S/C27H74O12Si9/c1-21-28-41(8,9)32-25-47(20,35-40(5,6)7)37-46(18,19)39-48(26-33-42(10,11)29-22-2,27-34-43(12,13)30-23-3)38-45(16,17)36-44(14,15)31-24-4/h21-27H2,1-20H3. The third kappa shape index (κ3) is 21.9. The van der Waals surface area contributed by atoms with E-state index in [1.807, 2.05) is 106 Å². The van der Waals surface area contributed by atoms with Gasteiger partial charge in [-0.1, -0.05) is 0 Å². The molecule has 0 aromatic heterocycles. The van der Waals surface area contributed by atoms with E-state index in [9.17, 15) is 0 Å². The van der Waals surface area contributed by atoms with Crippen molar-refractivity contribution in [3.63, 3.8) is 0 Å². The van der Waals surface area contributed by atoms with Crippen LogP contribution in [0.1, 0.15) is 27.7 Å². The minimum Gasteiger partial charge on any atom is -0.435 e. The Morgan fingerprint density at radius 1 is 0.292 bits per heavy atom. The first kappa shape index (κ1) is 49.5. The Kier molecular flexibility index (Phi) is 20.3. The molecule has 0 bridgehead atoms. The van der Waals surface area contributed by atoms with Gasteiger partial charge >= 0.3 is 68.5 Å². The van der Waals surface area contributed by atoms with Crippen molar-refractivity contribution in [3.05, 3.63) is 0 Å². The van der Waals surface area contributed by atoms with Crippen LogP contribution in [-0.2, 0) is 51.6 Å². The third-order valence-corrected chi connectivity index (χ3v) is 34.1. The average Bonchev–Trinajstić information content (AvgIpc) is 2.82. The van der Waals surface area contributed by atoms with Crippen LogP contribution < -0.4 is 0 Å². The van der Waals surface area contributed by atoms with Crippen molar-refractivity contribution in [2.24, 2.45) is 0 Å². The molecule has 1 atom stereocenters. The zero-order valence-electron chi connectivity index (χ0n) is 34.3. The van der Waals surface area contributed by atoms with Crippen LogP contribution in [-0.4, -0.2) is 122 Å². The Hall–Kier alpha value is 1.47. The highest BCUT2D eigenvalue weighted by Gasteiger charge is 2.55. The van der Waals surface area contributed by atoms with Crippen LogP contribution >= 0.6 is 0 Å².